The molecule has 1 aliphatic rings. The molecule has 258 valence electrons. The van der Waals surface area contributed by atoms with Gasteiger partial charge in [0, 0.05) is 59.5 Å². The van der Waals surface area contributed by atoms with E-state index in [9.17, 15) is 18.0 Å². The molecule has 0 saturated carbocycles. The van der Waals surface area contributed by atoms with E-state index in [-0.39, 0.29) is 46.4 Å². The van der Waals surface area contributed by atoms with Crippen molar-refractivity contribution in [1.82, 2.24) is 19.5 Å². The number of hydrogen-bond donors (Lipinski definition) is 3. The Balaban J connectivity index is 1.22. The number of ether oxygens (including phenoxy) is 1. The predicted octanol–water partition coefficient (Wildman–Crippen LogP) is 5.45. The number of para-hydroxylation sites is 1. The van der Waals surface area contributed by atoms with Crippen molar-refractivity contribution >= 4 is 61.8 Å². The molecular formula is C35H38Cl2N6O5S. The number of nitrogens with two attached hydrogens (primary N) is 1. The molecule has 4 aromatic rings. The van der Waals surface area contributed by atoms with Crippen LogP contribution < -0.4 is 15.8 Å². The lowest BCUT2D eigenvalue weighted by Gasteiger charge is -2.25. The summed E-state index contributed by atoms with van der Waals surface area (Å²) >= 11 is 13.2. The first-order valence-corrected chi connectivity index (χ1v) is 17.9. The quantitative estimate of drug-likeness (QED) is 0.0995. The molecule has 1 aromatic heterocycles. The van der Waals surface area contributed by atoms with E-state index in [1.165, 1.54) is 21.3 Å². The zero-order valence-corrected chi connectivity index (χ0v) is 29.8. The van der Waals surface area contributed by atoms with Gasteiger partial charge in [-0.15, -0.1) is 0 Å². The number of fused-ring (bicyclic) bond motifs is 1. The molecule has 1 atom stereocenters. The lowest BCUT2D eigenvalue weighted by molar-refractivity contribution is -0.124. The van der Waals surface area contributed by atoms with Crippen LogP contribution in [0.2, 0.25) is 10.0 Å². The van der Waals surface area contributed by atoms with Gasteiger partial charge in [-0.2, -0.15) is 4.31 Å². The number of nitrogens with one attached hydrogen (secondary N) is 2. The summed E-state index contributed by atoms with van der Waals surface area (Å²) in [7, 11) is -2.53. The maximum Gasteiger partial charge on any atom is 0.253 e. The Morgan fingerprint density at radius 2 is 1.82 bits per heavy atom. The number of pyridine rings is 1. The van der Waals surface area contributed by atoms with E-state index in [0.717, 1.165) is 16.6 Å². The largest absolute Gasteiger partial charge is 0.487 e. The monoisotopic (exact) mass is 724 g/mol. The molecule has 2 amide bonds. The van der Waals surface area contributed by atoms with E-state index in [2.05, 4.69) is 10.3 Å². The molecule has 49 heavy (non-hydrogen) atoms. The SMILES string of the molecule is Cc1cc(C)c2cccc(OCc3c(Cl)ccc(S(=O)(=O)N4CCC[C@H]4C(=O)NCCCN(C)C(=O)c4ccc(C(=N)N)cc4)c3Cl)c2n1. The first kappa shape index (κ1) is 36.1. The molecule has 11 nitrogen and oxygen atoms in total. The predicted molar refractivity (Wildman–Crippen MR) is 191 cm³/mol. The van der Waals surface area contributed by atoms with Crippen LogP contribution in [0.3, 0.4) is 0 Å². The highest BCUT2D eigenvalue weighted by molar-refractivity contribution is 7.89. The van der Waals surface area contributed by atoms with Gasteiger partial charge in [0.05, 0.1) is 5.02 Å². The Bertz CT molecular complexity index is 2020. The first-order valence-electron chi connectivity index (χ1n) is 15.8. The second-order valence-electron chi connectivity index (χ2n) is 12.0. The van der Waals surface area contributed by atoms with Crippen LogP contribution in [0.25, 0.3) is 10.9 Å². The summed E-state index contributed by atoms with van der Waals surface area (Å²) < 4.78 is 35.2. The summed E-state index contributed by atoms with van der Waals surface area (Å²) in [5.41, 5.74) is 9.34. The number of nitrogens with zero attached hydrogens (tertiary/aromatic N) is 3. The van der Waals surface area contributed by atoms with Crippen molar-refractivity contribution < 1.29 is 22.7 Å². The summed E-state index contributed by atoms with van der Waals surface area (Å²) in [6.45, 7) is 4.56. The molecule has 0 spiro atoms. The van der Waals surface area contributed by atoms with Crippen molar-refractivity contribution in [2.24, 2.45) is 5.73 Å². The van der Waals surface area contributed by atoms with E-state index >= 15 is 0 Å². The molecule has 3 aromatic carbocycles. The summed E-state index contributed by atoms with van der Waals surface area (Å²) in [6.07, 6.45) is 1.32. The molecule has 4 N–H and O–H groups in total. The number of carbonyl (C=O) groups excluding carboxylic acids is 2. The number of hydrogen-bond acceptors (Lipinski definition) is 7. The van der Waals surface area contributed by atoms with Gasteiger partial charge < -0.3 is 20.7 Å². The number of amidine groups is 1. The molecule has 2 heterocycles. The lowest BCUT2D eigenvalue weighted by Crippen LogP contribution is -2.46. The third kappa shape index (κ3) is 7.83. The average Bonchev–Trinajstić information content (AvgIpc) is 3.58. The molecule has 0 radical (unpaired) electrons. The van der Waals surface area contributed by atoms with Crippen molar-refractivity contribution in [3.05, 3.63) is 98.7 Å². The molecule has 14 heteroatoms. The van der Waals surface area contributed by atoms with Gasteiger partial charge in [-0.1, -0.05) is 47.5 Å². The minimum atomic E-state index is -4.19. The number of rotatable bonds is 12. The summed E-state index contributed by atoms with van der Waals surface area (Å²) in [5, 5.41) is 11.4. The highest BCUT2D eigenvalue weighted by atomic mass is 35.5. The molecule has 1 aliphatic heterocycles. The van der Waals surface area contributed by atoms with Gasteiger partial charge in [0.15, 0.2) is 0 Å². The molecule has 1 saturated heterocycles. The van der Waals surface area contributed by atoms with Crippen LogP contribution in [0.4, 0.5) is 0 Å². The maximum atomic E-state index is 13.9. The third-order valence-electron chi connectivity index (χ3n) is 8.51. The first-order chi connectivity index (χ1) is 23.3. The second kappa shape index (κ2) is 15.1. The number of nitrogen functional groups attached to an aromatic ring is 1. The smallest absolute Gasteiger partial charge is 0.253 e. The van der Waals surface area contributed by atoms with E-state index in [1.54, 1.807) is 37.4 Å². The maximum absolute atomic E-state index is 13.9. The molecule has 1 fully saturated rings. The molecular weight excluding hydrogens is 687 g/mol. The zero-order chi connectivity index (χ0) is 35.5. The standard InChI is InChI=1S/C35H38Cl2N6O5S/c1-21-19-22(2)41-32-25(21)7-4-9-29(32)48-20-26-27(36)14-15-30(31(26)37)49(46,47)43-18-5-8-28(43)34(44)40-16-6-17-42(3)35(45)24-12-10-23(11-13-24)33(38)39/h4,7,9-15,19,28H,5-6,8,16-18,20H2,1-3H3,(H3,38,39)(H,40,44)/t28-/m0/s1. The highest BCUT2D eigenvalue weighted by Gasteiger charge is 2.40. The van der Waals surface area contributed by atoms with Crippen LogP contribution in [0.15, 0.2) is 65.6 Å². The number of aromatic nitrogens is 1. The van der Waals surface area contributed by atoms with Gasteiger partial charge in [-0.25, -0.2) is 13.4 Å². The van der Waals surface area contributed by atoms with Gasteiger partial charge in [0.25, 0.3) is 5.91 Å². The van der Waals surface area contributed by atoms with Crippen LogP contribution in [-0.2, 0) is 21.4 Å². The van der Waals surface area contributed by atoms with Gasteiger partial charge >= 0.3 is 0 Å². The zero-order valence-electron chi connectivity index (χ0n) is 27.4. The second-order valence-corrected chi connectivity index (χ2v) is 14.6. The topological polar surface area (TPSA) is 159 Å². The van der Waals surface area contributed by atoms with Crippen molar-refractivity contribution in [2.75, 3.05) is 26.7 Å². The highest BCUT2D eigenvalue weighted by Crippen LogP contribution is 2.36. The molecule has 5 rings (SSSR count). The van der Waals surface area contributed by atoms with Crippen molar-refractivity contribution in [1.29, 1.82) is 5.41 Å². The third-order valence-corrected chi connectivity index (χ3v) is 11.4. The van der Waals surface area contributed by atoms with Crippen molar-refractivity contribution in [3.63, 3.8) is 0 Å². The number of halogens is 2. The number of aryl methyl sites for hydroxylation is 2. The van der Waals surface area contributed by atoms with Gasteiger partial charge in [-0.3, -0.25) is 15.0 Å². The van der Waals surface area contributed by atoms with Crippen LogP contribution in [-0.4, -0.2) is 73.0 Å². The summed E-state index contributed by atoms with van der Waals surface area (Å²) in [6, 6.07) is 15.9. The van der Waals surface area contributed by atoms with Gasteiger partial charge in [-0.05, 0) is 75.1 Å². The normalized spacial score (nSPS) is 14.9. The van der Waals surface area contributed by atoms with Crippen molar-refractivity contribution in [2.45, 2.75) is 50.7 Å². The molecule has 0 aliphatic carbocycles. The molecule has 0 bridgehead atoms. The van der Waals surface area contributed by atoms with Crippen LogP contribution in [0, 0.1) is 19.3 Å². The minimum Gasteiger partial charge on any atom is -0.487 e. The summed E-state index contributed by atoms with van der Waals surface area (Å²) in [4.78, 5) is 32.0. The van der Waals surface area contributed by atoms with Crippen molar-refractivity contribution in [3.8, 4) is 5.75 Å². The number of sulfonamides is 1. The van der Waals surface area contributed by atoms with Crippen LogP contribution >= 0.6 is 23.2 Å². The Hall–Kier alpha value is -4.23. The van der Waals surface area contributed by atoms with E-state index in [1.807, 2.05) is 32.0 Å². The fourth-order valence-electron chi connectivity index (χ4n) is 5.91. The number of benzene rings is 3. The number of carbonyl (C=O) groups is 2. The number of amides is 2. The fourth-order valence-corrected chi connectivity index (χ4v) is 8.43. The fraction of sp³-hybridized carbons (Fsp3) is 0.314. The van der Waals surface area contributed by atoms with Crippen LogP contribution in [0.5, 0.6) is 5.75 Å². The van der Waals surface area contributed by atoms with E-state index in [4.69, 9.17) is 39.1 Å². The Morgan fingerprint density at radius 1 is 1.10 bits per heavy atom. The Kier molecular flexibility index (Phi) is 11.1. The summed E-state index contributed by atoms with van der Waals surface area (Å²) in [5.74, 6) is -0.196. The lowest BCUT2D eigenvalue weighted by atomic mass is 10.1. The average molecular weight is 726 g/mol. The minimum absolute atomic E-state index is 0.0669. The van der Waals surface area contributed by atoms with Crippen LogP contribution in [0.1, 0.15) is 52.0 Å². The van der Waals surface area contributed by atoms with Gasteiger partial charge in [0.1, 0.15) is 34.6 Å². The van der Waals surface area contributed by atoms with E-state index < -0.39 is 22.0 Å². The van der Waals surface area contributed by atoms with Gasteiger partial charge in [0.2, 0.25) is 15.9 Å². The molecule has 0 unspecified atom stereocenters. The Morgan fingerprint density at radius 3 is 2.53 bits per heavy atom. The van der Waals surface area contributed by atoms with E-state index in [0.29, 0.717) is 53.8 Å². The Labute approximate surface area is 295 Å².